The molecule has 5 aliphatic rings. The van der Waals surface area contributed by atoms with Crippen LogP contribution in [0.4, 0.5) is 10.1 Å². The maximum atomic E-state index is 13.8. The average molecular weight is 622 g/mol. The Morgan fingerprint density at radius 1 is 0.935 bits per heavy atom. The van der Waals surface area contributed by atoms with Gasteiger partial charge in [-0.05, 0) is 97.5 Å². The largest absolute Gasteiger partial charge is 0.455 e. The summed E-state index contributed by atoms with van der Waals surface area (Å²) in [5.41, 5.74) is 5.89. The number of amides is 2. The Morgan fingerprint density at radius 2 is 1.63 bits per heavy atom. The highest BCUT2D eigenvalue weighted by Gasteiger charge is 2.67. The van der Waals surface area contributed by atoms with Crippen molar-refractivity contribution in [2.45, 2.75) is 59.0 Å². The molecule has 0 saturated heterocycles. The Kier molecular flexibility index (Phi) is 6.94. The van der Waals surface area contributed by atoms with Gasteiger partial charge in [0.2, 0.25) is 0 Å². The van der Waals surface area contributed by atoms with E-state index in [1.807, 2.05) is 30.3 Å². The number of allylic oxidation sites excluding steroid dienone is 1. The quantitative estimate of drug-likeness (QED) is 0.190. The molecule has 2 amide bonds. The number of aliphatic hydroxyl groups is 1. The SMILES string of the molecule is CCN(CC)c1cc2oc(-c3ccc(F)cc3)c(C(=O)NC)c2cc1-c1cccc(C(=O)NC2=C3C4(C)CC(O)(C2)CC3(C)C4)c1. The summed E-state index contributed by atoms with van der Waals surface area (Å²) in [6.07, 6.45) is 3.02. The molecule has 4 aromatic rings. The van der Waals surface area contributed by atoms with Gasteiger partial charge in [0.05, 0.1) is 11.2 Å². The van der Waals surface area contributed by atoms with Gasteiger partial charge in [0.25, 0.3) is 11.8 Å². The number of furan rings is 1. The fraction of sp³-hybridized carbons (Fsp3) is 0.368. The van der Waals surface area contributed by atoms with Crippen LogP contribution in [0.2, 0.25) is 0 Å². The first-order valence-electron chi connectivity index (χ1n) is 16.1. The molecule has 0 aliphatic heterocycles. The maximum Gasteiger partial charge on any atom is 0.255 e. The molecule has 2 unspecified atom stereocenters. The van der Waals surface area contributed by atoms with Crippen molar-refractivity contribution in [1.82, 2.24) is 10.6 Å². The highest BCUT2D eigenvalue weighted by molar-refractivity contribution is 6.13. The number of carbonyl (C=O) groups excluding carboxylic acids is 2. The average Bonchev–Trinajstić information content (AvgIpc) is 3.38. The summed E-state index contributed by atoms with van der Waals surface area (Å²) in [4.78, 5) is 29.3. The van der Waals surface area contributed by atoms with E-state index in [1.165, 1.54) is 17.7 Å². The van der Waals surface area contributed by atoms with E-state index in [2.05, 4.69) is 43.2 Å². The monoisotopic (exact) mass is 621 g/mol. The zero-order valence-corrected chi connectivity index (χ0v) is 27.0. The normalized spacial score (nSPS) is 24.6. The standard InChI is InChI=1S/C38H40FN3O4/c1-6-42(7-2)29-17-30-27(31(35(44)40-5)32(46-30)22-11-13-25(39)14-12-22)16-26(29)23-9-8-10-24(15-23)34(43)41-28-18-38(45)20-36(3)19-37(4,21-38)33(28)36/h8-17,45H,6-7,18-21H2,1-5H3,(H,40,44)(H,41,43). The number of hydrogen-bond acceptors (Lipinski definition) is 5. The first-order chi connectivity index (χ1) is 21.9. The molecule has 46 heavy (non-hydrogen) atoms. The van der Waals surface area contributed by atoms with Crippen LogP contribution in [-0.4, -0.2) is 42.7 Å². The van der Waals surface area contributed by atoms with Gasteiger partial charge in [-0.2, -0.15) is 0 Å². The molecule has 3 N–H and O–H groups in total. The molecule has 1 heterocycles. The number of benzene rings is 3. The van der Waals surface area contributed by atoms with Crippen LogP contribution in [0, 0.1) is 16.6 Å². The number of nitrogens with zero attached hydrogens (tertiary/aromatic N) is 1. The molecule has 8 heteroatoms. The van der Waals surface area contributed by atoms with E-state index in [0.717, 1.165) is 54.9 Å². The van der Waals surface area contributed by atoms with E-state index >= 15 is 0 Å². The van der Waals surface area contributed by atoms with Gasteiger partial charge >= 0.3 is 0 Å². The molecule has 0 spiro atoms. The molecular formula is C38H40FN3O4. The lowest BCUT2D eigenvalue weighted by atomic mass is 9.37. The van der Waals surface area contributed by atoms with Crippen LogP contribution in [0.15, 0.2) is 76.4 Å². The highest BCUT2D eigenvalue weighted by atomic mass is 19.1. The first-order valence-corrected chi connectivity index (χ1v) is 16.1. The lowest BCUT2D eigenvalue weighted by Crippen LogP contribution is -2.64. The minimum atomic E-state index is -0.776. The van der Waals surface area contributed by atoms with Gasteiger partial charge in [-0.1, -0.05) is 26.0 Å². The minimum Gasteiger partial charge on any atom is -0.455 e. The molecule has 4 bridgehead atoms. The molecular weight excluding hydrogens is 581 g/mol. The third kappa shape index (κ3) is 4.65. The summed E-state index contributed by atoms with van der Waals surface area (Å²) in [6.45, 7) is 10.0. The molecule has 238 valence electrons. The zero-order chi connectivity index (χ0) is 32.6. The third-order valence-corrected chi connectivity index (χ3v) is 10.4. The fourth-order valence-electron chi connectivity index (χ4n) is 9.24. The van der Waals surface area contributed by atoms with Crippen LogP contribution in [-0.2, 0) is 0 Å². The fourth-order valence-corrected chi connectivity index (χ4v) is 9.24. The van der Waals surface area contributed by atoms with Crippen LogP contribution in [0.5, 0.6) is 0 Å². The Bertz CT molecular complexity index is 1920. The van der Waals surface area contributed by atoms with E-state index < -0.39 is 5.60 Å². The van der Waals surface area contributed by atoms with Gasteiger partial charge in [0.15, 0.2) is 0 Å². The van der Waals surface area contributed by atoms with E-state index in [-0.39, 0.29) is 28.5 Å². The number of hydrogen-bond donors (Lipinski definition) is 3. The molecule has 1 aromatic heterocycles. The van der Waals surface area contributed by atoms with Gasteiger partial charge in [-0.3, -0.25) is 9.59 Å². The van der Waals surface area contributed by atoms with Crippen molar-refractivity contribution < 1.29 is 23.5 Å². The van der Waals surface area contributed by atoms with Gasteiger partial charge in [0.1, 0.15) is 17.2 Å². The second-order valence-corrected chi connectivity index (χ2v) is 13.9. The molecule has 2 atom stereocenters. The van der Waals surface area contributed by atoms with Crippen molar-refractivity contribution in [1.29, 1.82) is 0 Å². The number of fused-ring (bicyclic) bond motifs is 2. The van der Waals surface area contributed by atoms with Crippen molar-refractivity contribution in [2.75, 3.05) is 25.0 Å². The Labute approximate surface area is 268 Å². The molecule has 3 saturated carbocycles. The van der Waals surface area contributed by atoms with Crippen LogP contribution in [0.25, 0.3) is 33.4 Å². The van der Waals surface area contributed by atoms with Gasteiger partial charge in [-0.15, -0.1) is 0 Å². The number of anilines is 1. The van der Waals surface area contributed by atoms with Crippen LogP contribution < -0.4 is 15.5 Å². The predicted octanol–water partition coefficient (Wildman–Crippen LogP) is 7.44. The number of nitrogens with one attached hydrogen (secondary N) is 2. The van der Waals surface area contributed by atoms with Crippen LogP contribution in [0.3, 0.4) is 0 Å². The molecule has 9 rings (SSSR count). The second-order valence-electron chi connectivity index (χ2n) is 13.9. The smallest absolute Gasteiger partial charge is 0.255 e. The topological polar surface area (TPSA) is 94.8 Å². The van der Waals surface area contributed by atoms with Crippen molar-refractivity contribution in [3.05, 3.63) is 88.9 Å². The molecule has 3 aromatic carbocycles. The summed E-state index contributed by atoms with van der Waals surface area (Å²) in [5, 5.41) is 17.9. The van der Waals surface area contributed by atoms with Crippen molar-refractivity contribution >= 4 is 28.5 Å². The van der Waals surface area contributed by atoms with Crippen LogP contribution in [0.1, 0.15) is 74.1 Å². The first kappa shape index (κ1) is 30.2. The summed E-state index contributed by atoms with van der Waals surface area (Å²) < 4.78 is 20.1. The summed E-state index contributed by atoms with van der Waals surface area (Å²) >= 11 is 0. The Hall–Kier alpha value is -4.43. The van der Waals surface area contributed by atoms with Crippen molar-refractivity contribution in [3.63, 3.8) is 0 Å². The minimum absolute atomic E-state index is 0.0572. The van der Waals surface area contributed by atoms with Gasteiger partial charge in [0, 0.05) is 66.1 Å². The summed E-state index contributed by atoms with van der Waals surface area (Å²) in [7, 11) is 1.57. The second kappa shape index (κ2) is 10.6. The number of halogens is 1. The molecule has 7 nitrogen and oxygen atoms in total. The number of rotatable bonds is 8. The molecule has 0 radical (unpaired) electrons. The maximum absolute atomic E-state index is 13.8. The van der Waals surface area contributed by atoms with E-state index in [0.29, 0.717) is 39.8 Å². The van der Waals surface area contributed by atoms with Crippen molar-refractivity contribution in [3.8, 4) is 22.5 Å². The lowest BCUT2D eigenvalue weighted by Gasteiger charge is -2.69. The lowest BCUT2D eigenvalue weighted by molar-refractivity contribution is -0.145. The molecule has 3 fully saturated rings. The predicted molar refractivity (Wildman–Crippen MR) is 178 cm³/mol. The third-order valence-electron chi connectivity index (χ3n) is 10.4. The highest BCUT2D eigenvalue weighted by Crippen LogP contribution is 2.73. The van der Waals surface area contributed by atoms with E-state index in [1.54, 1.807) is 25.2 Å². The zero-order valence-electron chi connectivity index (χ0n) is 27.0. The van der Waals surface area contributed by atoms with Crippen molar-refractivity contribution in [2.24, 2.45) is 10.8 Å². The van der Waals surface area contributed by atoms with Crippen LogP contribution >= 0.6 is 0 Å². The van der Waals surface area contributed by atoms with E-state index in [9.17, 15) is 19.1 Å². The number of carbonyl (C=O) groups is 2. The summed E-state index contributed by atoms with van der Waals surface area (Å²) in [6, 6.07) is 17.3. The molecule has 5 aliphatic carbocycles. The Morgan fingerprint density at radius 3 is 2.26 bits per heavy atom. The Balaban J connectivity index is 1.33. The summed E-state index contributed by atoms with van der Waals surface area (Å²) in [5.74, 6) is -0.527. The van der Waals surface area contributed by atoms with E-state index in [4.69, 9.17) is 4.42 Å². The van der Waals surface area contributed by atoms with Gasteiger partial charge in [-0.25, -0.2) is 4.39 Å². The van der Waals surface area contributed by atoms with Gasteiger partial charge < -0.3 is 25.1 Å².